The quantitative estimate of drug-likeness (QED) is 0.351. The van der Waals surface area contributed by atoms with Gasteiger partial charge in [0.2, 0.25) is 0 Å². The summed E-state index contributed by atoms with van der Waals surface area (Å²) in [6.45, 7) is 0.617. The van der Waals surface area contributed by atoms with Crippen molar-refractivity contribution in [2.24, 2.45) is 0 Å². The number of ether oxygens (including phenoxy) is 1. The highest BCUT2D eigenvalue weighted by Gasteiger charge is 2.30. The highest BCUT2D eigenvalue weighted by molar-refractivity contribution is 14.1. The molecule has 0 bridgehead atoms. The molecule has 0 spiro atoms. The standard InChI is InChI=1S/C13H10I3NO7.2ClH/c1-4(18)24-3-5(19)17(2)11-9(15)6(12(20)21)8(14)7(10(11)16)13(22)23;;/h3H2,1-2H3,(H,20,21)(H,22,23);2*1H. The van der Waals surface area contributed by atoms with Crippen LogP contribution in [-0.4, -0.2) is 47.7 Å². The van der Waals surface area contributed by atoms with Gasteiger partial charge in [0.05, 0.1) is 24.0 Å². The Bertz CT molecular complexity index is 717. The van der Waals surface area contributed by atoms with E-state index in [1.54, 1.807) is 67.8 Å². The van der Waals surface area contributed by atoms with Gasteiger partial charge in [0.1, 0.15) is 0 Å². The van der Waals surface area contributed by atoms with E-state index in [4.69, 9.17) is 0 Å². The fraction of sp³-hybridized carbons (Fsp3) is 0.231. The first kappa shape index (κ1) is 28.1. The van der Waals surface area contributed by atoms with Crippen molar-refractivity contribution in [2.45, 2.75) is 6.92 Å². The third-order valence-corrected chi connectivity index (χ3v) is 6.01. The highest BCUT2D eigenvalue weighted by atomic mass is 127. The number of esters is 1. The first-order valence-electron chi connectivity index (χ1n) is 6.07. The molecule has 2 N–H and O–H groups in total. The van der Waals surface area contributed by atoms with Crippen LogP contribution in [0.2, 0.25) is 0 Å². The minimum Gasteiger partial charge on any atom is -0.478 e. The molecule has 0 saturated heterocycles. The van der Waals surface area contributed by atoms with Crippen LogP contribution in [0.5, 0.6) is 0 Å². The zero-order chi connectivity index (χ0) is 18.8. The maximum Gasteiger partial charge on any atom is 0.337 e. The predicted molar refractivity (Wildman–Crippen MR) is 123 cm³/mol. The average molecular weight is 746 g/mol. The number of aromatic carboxylic acids is 2. The first-order chi connectivity index (χ1) is 11.0. The summed E-state index contributed by atoms with van der Waals surface area (Å²) in [4.78, 5) is 47.1. The number of hydrogen-bond donors (Lipinski definition) is 2. The van der Waals surface area contributed by atoms with Crippen molar-refractivity contribution in [2.75, 3.05) is 18.6 Å². The third-order valence-electron chi connectivity index (χ3n) is 2.83. The summed E-state index contributed by atoms with van der Waals surface area (Å²) >= 11 is 5.17. The Kier molecular flexibility index (Phi) is 12.6. The molecule has 0 heterocycles. The number of carbonyl (C=O) groups is 4. The maximum atomic E-state index is 12.1. The lowest BCUT2D eigenvalue weighted by atomic mass is 10.1. The van der Waals surface area contributed by atoms with E-state index in [-0.39, 0.29) is 52.3 Å². The molecule has 0 atom stereocenters. The van der Waals surface area contributed by atoms with Crippen LogP contribution < -0.4 is 4.90 Å². The van der Waals surface area contributed by atoms with Crippen LogP contribution >= 0.6 is 92.6 Å². The summed E-state index contributed by atoms with van der Waals surface area (Å²) in [5.74, 6) is -3.86. The van der Waals surface area contributed by atoms with E-state index < -0.39 is 30.4 Å². The number of carbonyl (C=O) groups excluding carboxylic acids is 2. The lowest BCUT2D eigenvalue weighted by Crippen LogP contribution is -2.33. The number of hydrogen-bond acceptors (Lipinski definition) is 5. The molecular weight excluding hydrogens is 734 g/mol. The molecule has 0 aliphatic carbocycles. The lowest BCUT2D eigenvalue weighted by Gasteiger charge is -2.23. The average Bonchev–Trinajstić information content (AvgIpc) is 2.43. The zero-order valence-corrected chi connectivity index (χ0v) is 21.1. The molecular formula is C13H12Cl2I3NO7. The summed E-state index contributed by atoms with van der Waals surface area (Å²) in [6, 6.07) is 0. The molecule has 13 heteroatoms. The molecule has 146 valence electrons. The smallest absolute Gasteiger partial charge is 0.337 e. The molecule has 0 aliphatic rings. The number of nitrogens with zero attached hydrogens (tertiary/aromatic N) is 1. The molecule has 1 aromatic rings. The molecule has 1 rings (SSSR count). The van der Waals surface area contributed by atoms with Gasteiger partial charge in [-0.15, -0.1) is 24.8 Å². The minimum absolute atomic E-state index is 0. The summed E-state index contributed by atoms with van der Waals surface area (Å²) < 4.78 is 5.15. The molecule has 0 saturated carbocycles. The number of carboxylic acid groups (broad SMARTS) is 2. The molecule has 0 aliphatic heterocycles. The van der Waals surface area contributed by atoms with Crippen molar-refractivity contribution in [3.05, 3.63) is 21.8 Å². The number of anilines is 1. The van der Waals surface area contributed by atoms with Gasteiger partial charge in [0.25, 0.3) is 5.91 Å². The van der Waals surface area contributed by atoms with Crippen LogP contribution in [-0.2, 0) is 14.3 Å². The van der Waals surface area contributed by atoms with Crippen LogP contribution in [0.3, 0.4) is 0 Å². The van der Waals surface area contributed by atoms with E-state index >= 15 is 0 Å². The monoisotopic (exact) mass is 745 g/mol. The predicted octanol–water partition coefficient (Wildman–Crippen LogP) is 3.27. The van der Waals surface area contributed by atoms with Gasteiger partial charge in [-0.3, -0.25) is 9.59 Å². The van der Waals surface area contributed by atoms with Crippen molar-refractivity contribution < 1.29 is 34.1 Å². The van der Waals surface area contributed by atoms with Gasteiger partial charge in [-0.1, -0.05) is 0 Å². The van der Waals surface area contributed by atoms with Gasteiger partial charge >= 0.3 is 17.9 Å². The second-order valence-corrected chi connectivity index (χ2v) is 7.62. The van der Waals surface area contributed by atoms with Crippen molar-refractivity contribution >= 4 is 122 Å². The van der Waals surface area contributed by atoms with Crippen LogP contribution in [0.15, 0.2) is 0 Å². The summed E-state index contributed by atoms with van der Waals surface area (Å²) in [7, 11) is 1.36. The van der Waals surface area contributed by atoms with Crippen LogP contribution in [0.1, 0.15) is 27.6 Å². The normalized spacial score (nSPS) is 9.42. The van der Waals surface area contributed by atoms with E-state index in [1.165, 1.54) is 7.05 Å². The van der Waals surface area contributed by atoms with Crippen molar-refractivity contribution in [3.8, 4) is 0 Å². The third kappa shape index (κ3) is 6.20. The number of likely N-dealkylation sites (N-methyl/N-ethyl adjacent to an activating group) is 1. The number of halogens is 5. The Hall–Kier alpha value is -0.130. The SMILES string of the molecule is CC(=O)OCC(=O)N(C)c1c(I)c(C(=O)O)c(I)c(C(=O)O)c1I.Cl.Cl. The van der Waals surface area contributed by atoms with Crippen LogP contribution in [0.4, 0.5) is 5.69 Å². The lowest BCUT2D eigenvalue weighted by molar-refractivity contribution is -0.145. The molecule has 1 aromatic carbocycles. The Morgan fingerprint density at radius 3 is 1.62 bits per heavy atom. The summed E-state index contributed by atoms with van der Waals surface area (Å²) in [5.41, 5.74) is -0.254. The van der Waals surface area contributed by atoms with E-state index in [0.29, 0.717) is 0 Å². The Morgan fingerprint density at radius 2 is 1.31 bits per heavy atom. The second-order valence-electron chi connectivity index (χ2n) is 4.38. The Morgan fingerprint density at radius 1 is 0.923 bits per heavy atom. The fourth-order valence-corrected chi connectivity index (χ4v) is 6.52. The van der Waals surface area contributed by atoms with Crippen molar-refractivity contribution in [3.63, 3.8) is 0 Å². The van der Waals surface area contributed by atoms with Gasteiger partial charge in [0.15, 0.2) is 6.61 Å². The van der Waals surface area contributed by atoms with Crippen molar-refractivity contribution in [1.82, 2.24) is 0 Å². The molecule has 8 nitrogen and oxygen atoms in total. The molecule has 26 heavy (non-hydrogen) atoms. The first-order valence-corrected chi connectivity index (χ1v) is 9.31. The molecule has 0 fully saturated rings. The summed E-state index contributed by atoms with van der Waals surface area (Å²) in [5, 5.41) is 18.8. The maximum absolute atomic E-state index is 12.1. The van der Waals surface area contributed by atoms with E-state index in [9.17, 15) is 29.4 Å². The number of carboxylic acids is 2. The second kappa shape index (κ2) is 11.7. The van der Waals surface area contributed by atoms with E-state index in [1.807, 2.05) is 0 Å². The van der Waals surface area contributed by atoms with Gasteiger partial charge in [-0.05, 0) is 67.8 Å². The number of rotatable bonds is 5. The Labute approximate surface area is 201 Å². The zero-order valence-electron chi connectivity index (χ0n) is 13.0. The van der Waals surface area contributed by atoms with E-state index in [2.05, 4.69) is 4.74 Å². The number of amides is 1. The van der Waals surface area contributed by atoms with Crippen LogP contribution in [0.25, 0.3) is 0 Å². The summed E-state index contributed by atoms with van der Waals surface area (Å²) in [6.07, 6.45) is 0. The van der Waals surface area contributed by atoms with Crippen LogP contribution in [0, 0.1) is 10.7 Å². The fourth-order valence-electron chi connectivity index (χ4n) is 1.71. The Balaban J connectivity index is 0. The highest BCUT2D eigenvalue weighted by Crippen LogP contribution is 2.37. The minimum atomic E-state index is -1.30. The van der Waals surface area contributed by atoms with Gasteiger partial charge < -0.3 is 19.8 Å². The largest absolute Gasteiger partial charge is 0.478 e. The van der Waals surface area contributed by atoms with Gasteiger partial charge in [-0.2, -0.15) is 0 Å². The topological polar surface area (TPSA) is 121 Å². The molecule has 0 unspecified atom stereocenters. The van der Waals surface area contributed by atoms with Crippen molar-refractivity contribution in [1.29, 1.82) is 0 Å². The molecule has 0 radical (unpaired) electrons. The molecule has 0 aromatic heterocycles. The van der Waals surface area contributed by atoms with E-state index in [0.717, 1.165) is 11.8 Å². The van der Waals surface area contributed by atoms with Gasteiger partial charge in [-0.25, -0.2) is 9.59 Å². The molecule has 1 amide bonds. The van der Waals surface area contributed by atoms with Gasteiger partial charge in [0, 0.05) is 17.5 Å². The number of benzene rings is 1.